The van der Waals surface area contributed by atoms with Gasteiger partial charge in [-0.3, -0.25) is 4.79 Å². The van der Waals surface area contributed by atoms with Crippen molar-refractivity contribution in [2.24, 2.45) is 0 Å². The molecule has 2 aliphatic heterocycles. The summed E-state index contributed by atoms with van der Waals surface area (Å²) < 4.78 is 29.9. The predicted molar refractivity (Wildman–Crippen MR) is 121 cm³/mol. The second-order valence-corrected chi connectivity index (χ2v) is 8.94. The van der Waals surface area contributed by atoms with Crippen molar-refractivity contribution in [3.8, 4) is 11.5 Å². The van der Waals surface area contributed by atoms with Gasteiger partial charge < -0.3 is 29.3 Å². The molecule has 1 aromatic heterocycles. The Hall–Kier alpha value is -2.72. The number of alkyl halides is 1. The van der Waals surface area contributed by atoms with Crippen LogP contribution in [-0.4, -0.2) is 71.1 Å². The van der Waals surface area contributed by atoms with Crippen molar-refractivity contribution in [3.05, 3.63) is 35.5 Å². The minimum absolute atomic E-state index is 0.131. The summed E-state index contributed by atoms with van der Waals surface area (Å²) in [5, 5.41) is 17.9. The third-order valence-corrected chi connectivity index (χ3v) is 6.22. The number of benzene rings is 1. The van der Waals surface area contributed by atoms with Crippen molar-refractivity contribution >= 4 is 5.91 Å². The van der Waals surface area contributed by atoms with Gasteiger partial charge in [-0.2, -0.15) is 4.98 Å². The van der Waals surface area contributed by atoms with E-state index in [4.69, 9.17) is 14.0 Å². The normalized spacial score (nSPS) is 19.7. The van der Waals surface area contributed by atoms with Gasteiger partial charge in [0.2, 0.25) is 11.8 Å². The highest BCUT2D eigenvalue weighted by molar-refractivity contribution is 5.76. The highest BCUT2D eigenvalue weighted by Crippen LogP contribution is 2.34. The first-order valence-corrected chi connectivity index (χ1v) is 12.0. The van der Waals surface area contributed by atoms with Crippen molar-refractivity contribution in [3.63, 3.8) is 0 Å². The van der Waals surface area contributed by atoms with Crippen LogP contribution in [-0.2, 0) is 11.2 Å². The van der Waals surface area contributed by atoms with Crippen molar-refractivity contribution in [1.29, 1.82) is 0 Å². The number of aromatic nitrogens is 2. The molecule has 0 unspecified atom stereocenters. The van der Waals surface area contributed by atoms with Crippen LogP contribution in [0, 0.1) is 6.92 Å². The largest absolute Gasteiger partial charge is 0.486 e. The third-order valence-electron chi connectivity index (χ3n) is 6.22. The number of aliphatic hydroxyl groups excluding tert-OH is 1. The molecule has 3 heterocycles. The minimum atomic E-state index is -0.926. The van der Waals surface area contributed by atoms with Crippen LogP contribution >= 0.6 is 0 Å². The van der Waals surface area contributed by atoms with Crippen molar-refractivity contribution in [2.45, 2.75) is 63.8 Å². The van der Waals surface area contributed by atoms with Crippen LogP contribution < -0.4 is 14.8 Å². The Balaban J connectivity index is 1.34. The van der Waals surface area contributed by atoms with E-state index >= 15 is 0 Å². The van der Waals surface area contributed by atoms with E-state index in [1.807, 2.05) is 4.90 Å². The molecule has 2 aromatic rings. The molecule has 9 nitrogen and oxygen atoms in total. The zero-order chi connectivity index (χ0) is 23.9. The fraction of sp³-hybridized carbons (Fsp3) is 0.625. The summed E-state index contributed by atoms with van der Waals surface area (Å²) in [6.07, 6.45) is 1.66. The molecular weight excluding hydrogens is 443 g/mol. The minimum Gasteiger partial charge on any atom is -0.486 e. The average Bonchev–Trinajstić information content (AvgIpc) is 3.46. The van der Waals surface area contributed by atoms with Gasteiger partial charge in [0.15, 0.2) is 17.3 Å². The maximum absolute atomic E-state index is 13.6. The lowest BCUT2D eigenvalue weighted by molar-refractivity contribution is -0.122. The van der Waals surface area contributed by atoms with Crippen LogP contribution in [0.2, 0.25) is 0 Å². The molecule has 1 fully saturated rings. The molecule has 1 aromatic carbocycles. The molecule has 0 spiro atoms. The number of fused-ring (bicyclic) bond motifs is 1. The number of unbranched alkanes of at least 4 members (excludes halogenated alkanes) is 1. The standard InChI is InChI=1S/C24H33FN4O5/c1-16-26-23(34-28-16)5-3-2-4-22(30)27-19(9-11-29-10-8-18(25)15-29)24(31)17-6-7-20-21(14-17)33-13-12-32-20/h6-7,14,18-19,24,31H,2-5,8-13,15H2,1H3,(H,27,30)/t18-,19-,24-/m1/s1. The number of carbonyl (C=O) groups is 1. The first kappa shape index (κ1) is 24.4. The molecule has 2 aliphatic rings. The van der Waals surface area contributed by atoms with Gasteiger partial charge in [0.1, 0.15) is 19.4 Å². The van der Waals surface area contributed by atoms with Crippen LogP contribution in [0.1, 0.15) is 55.5 Å². The van der Waals surface area contributed by atoms with Gasteiger partial charge in [-0.25, -0.2) is 4.39 Å². The summed E-state index contributed by atoms with van der Waals surface area (Å²) in [7, 11) is 0. The topological polar surface area (TPSA) is 110 Å². The van der Waals surface area contributed by atoms with E-state index < -0.39 is 18.3 Å². The van der Waals surface area contributed by atoms with Gasteiger partial charge in [0, 0.05) is 32.5 Å². The molecule has 2 N–H and O–H groups in total. The van der Waals surface area contributed by atoms with E-state index in [1.54, 1.807) is 25.1 Å². The van der Waals surface area contributed by atoms with E-state index in [1.165, 1.54) is 0 Å². The fourth-order valence-electron chi connectivity index (χ4n) is 4.38. The van der Waals surface area contributed by atoms with Crippen molar-refractivity contribution < 1.29 is 28.3 Å². The second-order valence-electron chi connectivity index (χ2n) is 8.94. The molecule has 1 saturated heterocycles. The number of aliphatic hydroxyl groups is 1. The Morgan fingerprint density at radius 1 is 1.29 bits per heavy atom. The maximum atomic E-state index is 13.6. The number of nitrogens with zero attached hydrogens (tertiary/aromatic N) is 3. The van der Waals surface area contributed by atoms with Crippen LogP contribution in [0.25, 0.3) is 0 Å². The van der Waals surface area contributed by atoms with Gasteiger partial charge >= 0.3 is 0 Å². The van der Waals surface area contributed by atoms with E-state index in [0.717, 1.165) is 6.42 Å². The quantitative estimate of drug-likeness (QED) is 0.476. The molecule has 0 saturated carbocycles. The molecule has 0 radical (unpaired) electrons. The number of halogens is 1. The average molecular weight is 477 g/mol. The van der Waals surface area contributed by atoms with Crippen LogP contribution in [0.4, 0.5) is 4.39 Å². The fourth-order valence-corrected chi connectivity index (χ4v) is 4.38. The molecule has 0 bridgehead atoms. The lowest BCUT2D eigenvalue weighted by Gasteiger charge is -2.28. The summed E-state index contributed by atoms with van der Waals surface area (Å²) in [6, 6.07) is 4.82. The Morgan fingerprint density at radius 2 is 2.12 bits per heavy atom. The summed E-state index contributed by atoms with van der Waals surface area (Å²) in [5.74, 6) is 2.27. The van der Waals surface area contributed by atoms with Crippen molar-refractivity contribution in [1.82, 2.24) is 20.4 Å². The third kappa shape index (κ3) is 6.66. The smallest absolute Gasteiger partial charge is 0.226 e. The van der Waals surface area contributed by atoms with E-state index in [-0.39, 0.29) is 5.91 Å². The van der Waals surface area contributed by atoms with Gasteiger partial charge in [0.25, 0.3) is 0 Å². The Kier molecular flexibility index (Phi) is 8.34. The number of amides is 1. The molecule has 4 rings (SSSR count). The molecule has 0 aliphatic carbocycles. The van der Waals surface area contributed by atoms with Crippen LogP contribution in [0.5, 0.6) is 11.5 Å². The Bertz CT molecular complexity index is 955. The maximum Gasteiger partial charge on any atom is 0.226 e. The van der Waals surface area contributed by atoms with Crippen molar-refractivity contribution in [2.75, 3.05) is 32.8 Å². The lowest BCUT2D eigenvalue weighted by Crippen LogP contribution is -2.41. The molecular formula is C24H33FN4O5. The number of ether oxygens (including phenoxy) is 2. The molecule has 186 valence electrons. The number of likely N-dealkylation sites (tertiary alicyclic amines) is 1. The Morgan fingerprint density at radius 3 is 2.85 bits per heavy atom. The Labute approximate surface area is 198 Å². The van der Waals surface area contributed by atoms with Gasteiger partial charge in [0.05, 0.1) is 12.1 Å². The number of carbonyl (C=O) groups excluding carboxylic acids is 1. The summed E-state index contributed by atoms with van der Waals surface area (Å²) >= 11 is 0. The zero-order valence-electron chi connectivity index (χ0n) is 19.5. The number of hydrogen-bond donors (Lipinski definition) is 2. The monoisotopic (exact) mass is 476 g/mol. The molecule has 3 atom stereocenters. The molecule has 10 heteroatoms. The zero-order valence-corrected chi connectivity index (χ0v) is 19.5. The van der Waals surface area contributed by atoms with Gasteiger partial charge in [-0.1, -0.05) is 11.2 Å². The summed E-state index contributed by atoms with van der Waals surface area (Å²) in [6.45, 7) is 4.40. The number of aryl methyl sites for hydroxylation is 2. The number of nitrogens with one attached hydrogen (secondary N) is 1. The van der Waals surface area contributed by atoms with E-state index in [9.17, 15) is 14.3 Å². The van der Waals surface area contributed by atoms with Gasteiger partial charge in [-0.15, -0.1) is 0 Å². The first-order valence-electron chi connectivity index (χ1n) is 12.0. The predicted octanol–water partition coefficient (Wildman–Crippen LogP) is 2.51. The number of rotatable bonds is 11. The SMILES string of the molecule is Cc1noc(CCCCC(=O)N[C@H](CCN2CC[C@@H](F)C2)[C@H](O)c2ccc3c(c2)OCCO3)n1. The number of hydrogen-bond acceptors (Lipinski definition) is 8. The van der Waals surface area contributed by atoms with E-state index in [0.29, 0.717) is 93.7 Å². The first-order chi connectivity index (χ1) is 16.5. The lowest BCUT2D eigenvalue weighted by atomic mass is 9.98. The van der Waals surface area contributed by atoms with Crippen LogP contribution in [0.3, 0.4) is 0 Å². The second kappa shape index (κ2) is 11.6. The van der Waals surface area contributed by atoms with E-state index in [2.05, 4.69) is 15.5 Å². The highest BCUT2D eigenvalue weighted by atomic mass is 19.1. The van der Waals surface area contributed by atoms with Gasteiger partial charge in [-0.05, 0) is 50.3 Å². The van der Waals surface area contributed by atoms with Crippen LogP contribution in [0.15, 0.2) is 22.7 Å². The highest BCUT2D eigenvalue weighted by Gasteiger charge is 2.27. The summed E-state index contributed by atoms with van der Waals surface area (Å²) in [4.78, 5) is 18.9. The summed E-state index contributed by atoms with van der Waals surface area (Å²) in [5.41, 5.74) is 0.645. The molecule has 1 amide bonds. The molecule has 34 heavy (non-hydrogen) atoms.